The Balaban J connectivity index is 1.83. The van der Waals surface area contributed by atoms with Crippen molar-refractivity contribution in [2.45, 2.75) is 19.1 Å². The molecule has 0 aliphatic carbocycles. The fraction of sp³-hybridized carbons (Fsp3) is 0.176. The molecule has 0 amide bonds. The summed E-state index contributed by atoms with van der Waals surface area (Å²) >= 11 is 0. The van der Waals surface area contributed by atoms with Gasteiger partial charge < -0.3 is 10.1 Å². The molecule has 0 saturated carbocycles. The third kappa shape index (κ3) is 3.50. The number of benzene rings is 1. The monoisotopic (exact) mass is 391 g/mol. The highest BCUT2D eigenvalue weighted by atomic mass is 19.4. The summed E-state index contributed by atoms with van der Waals surface area (Å²) in [5, 5.41) is 3.61. The molecule has 144 valence electrons. The van der Waals surface area contributed by atoms with Crippen LogP contribution in [-0.4, -0.2) is 35.3 Å². The van der Waals surface area contributed by atoms with Crippen molar-refractivity contribution in [3.05, 3.63) is 59.9 Å². The zero-order valence-corrected chi connectivity index (χ0v) is 14.2. The van der Waals surface area contributed by atoms with E-state index in [0.717, 1.165) is 0 Å². The van der Waals surface area contributed by atoms with Crippen LogP contribution in [0.1, 0.15) is 11.3 Å². The number of fused-ring (bicyclic) bond motifs is 1. The second kappa shape index (κ2) is 6.59. The summed E-state index contributed by atoms with van der Waals surface area (Å²) in [4.78, 5) is 12.5. The largest absolute Gasteiger partial charge is 0.408 e. The fourth-order valence-corrected chi connectivity index (χ4v) is 2.87. The summed E-state index contributed by atoms with van der Waals surface area (Å²) in [5.41, 5.74) is 6.84. The molecule has 7 nitrogen and oxygen atoms in total. The minimum Gasteiger partial charge on any atom is -0.366 e. The van der Waals surface area contributed by atoms with E-state index in [0.29, 0.717) is 21.6 Å². The Kier molecular flexibility index (Phi) is 4.21. The highest BCUT2D eigenvalue weighted by Crippen LogP contribution is 2.24. The van der Waals surface area contributed by atoms with E-state index >= 15 is 0 Å². The first-order chi connectivity index (χ1) is 13.3. The third-order valence-corrected chi connectivity index (χ3v) is 4.01. The van der Waals surface area contributed by atoms with Crippen LogP contribution < -0.4 is 5.73 Å². The van der Waals surface area contributed by atoms with Crippen LogP contribution in [0.25, 0.3) is 17.2 Å². The molecule has 28 heavy (non-hydrogen) atoms. The summed E-state index contributed by atoms with van der Waals surface area (Å²) < 4.78 is 54.8. The van der Waals surface area contributed by atoms with Gasteiger partial charge in [0.25, 0.3) is 0 Å². The fourth-order valence-electron chi connectivity index (χ4n) is 2.87. The van der Waals surface area contributed by atoms with Crippen molar-refractivity contribution in [3.8, 4) is 11.5 Å². The van der Waals surface area contributed by atoms with Crippen LogP contribution in [0.5, 0.6) is 0 Å². The zero-order valence-electron chi connectivity index (χ0n) is 14.2. The molecule has 0 bridgehead atoms. The second-order valence-electron chi connectivity index (χ2n) is 6.07. The van der Waals surface area contributed by atoms with Gasteiger partial charge in [-0.25, -0.2) is 19.0 Å². The highest BCUT2D eigenvalue weighted by Gasteiger charge is 2.31. The van der Waals surface area contributed by atoms with Crippen molar-refractivity contribution >= 4 is 11.6 Å². The molecule has 2 N–H and O–H groups in total. The summed E-state index contributed by atoms with van der Waals surface area (Å²) in [6.45, 7) is -1.36. The summed E-state index contributed by atoms with van der Waals surface area (Å²) in [5.74, 6) is -0.855. The van der Waals surface area contributed by atoms with Crippen LogP contribution in [-0.2, 0) is 13.0 Å². The summed E-state index contributed by atoms with van der Waals surface area (Å²) in [6.07, 6.45) is 0.192. The molecule has 0 atom stereocenters. The molecule has 0 spiro atoms. The molecular weight excluding hydrogens is 378 g/mol. The number of nitrogens with zero attached hydrogens (tertiary/aromatic N) is 6. The number of hydrogen-bond acceptors (Lipinski definition) is 5. The Morgan fingerprint density at radius 1 is 1.11 bits per heavy atom. The lowest BCUT2D eigenvalue weighted by atomic mass is 10.1. The van der Waals surface area contributed by atoms with Gasteiger partial charge in [-0.15, -0.1) is 5.10 Å². The first-order valence-electron chi connectivity index (χ1n) is 8.13. The third-order valence-electron chi connectivity index (χ3n) is 4.01. The summed E-state index contributed by atoms with van der Waals surface area (Å²) in [7, 11) is 0. The highest BCUT2D eigenvalue weighted by molar-refractivity contribution is 5.56. The Labute approximate surface area is 155 Å². The number of aromatic nitrogens is 6. The lowest BCUT2D eigenvalue weighted by molar-refractivity contribution is -0.142. The van der Waals surface area contributed by atoms with Crippen LogP contribution in [0.2, 0.25) is 0 Å². The average Bonchev–Trinajstić information content (AvgIpc) is 3.21. The van der Waals surface area contributed by atoms with E-state index in [1.54, 1.807) is 28.8 Å². The summed E-state index contributed by atoms with van der Waals surface area (Å²) in [6, 6.07) is 6.18. The van der Waals surface area contributed by atoms with Crippen molar-refractivity contribution in [3.63, 3.8) is 0 Å². The Morgan fingerprint density at radius 2 is 1.89 bits per heavy atom. The van der Waals surface area contributed by atoms with E-state index in [4.69, 9.17) is 5.73 Å². The zero-order chi connectivity index (χ0) is 19.9. The van der Waals surface area contributed by atoms with Gasteiger partial charge in [0.15, 0.2) is 11.5 Å². The first kappa shape index (κ1) is 17.9. The van der Waals surface area contributed by atoms with Crippen molar-refractivity contribution in [1.29, 1.82) is 0 Å². The maximum Gasteiger partial charge on any atom is 0.408 e. The molecule has 0 saturated heterocycles. The number of halogens is 4. The SMILES string of the molecule is Nc1nc(-c2cn3ccnc3c(Cc3ccccc3F)n2)n(CC(F)(F)F)n1. The standard InChI is InChI=1S/C17H13F4N7/c18-11-4-2-1-3-10(11)7-12-14-23-5-6-27(14)8-13(24-12)15-25-16(22)26-28(15)9-17(19,20)21/h1-6,8H,7,9H2,(H2,22,26). The molecule has 0 unspecified atom stereocenters. The van der Waals surface area contributed by atoms with Crippen LogP contribution in [0, 0.1) is 5.82 Å². The van der Waals surface area contributed by atoms with Crippen LogP contribution >= 0.6 is 0 Å². The van der Waals surface area contributed by atoms with Gasteiger partial charge in [-0.05, 0) is 11.6 Å². The van der Waals surface area contributed by atoms with E-state index in [-0.39, 0.29) is 23.9 Å². The number of anilines is 1. The van der Waals surface area contributed by atoms with E-state index in [2.05, 4.69) is 20.1 Å². The van der Waals surface area contributed by atoms with Crippen molar-refractivity contribution < 1.29 is 17.6 Å². The normalized spacial score (nSPS) is 12.0. The van der Waals surface area contributed by atoms with Gasteiger partial charge in [-0.3, -0.25) is 0 Å². The average molecular weight is 391 g/mol. The number of nitrogens with two attached hydrogens (primary N) is 1. The smallest absolute Gasteiger partial charge is 0.366 e. The molecule has 0 radical (unpaired) electrons. The minimum atomic E-state index is -4.51. The number of alkyl halides is 3. The van der Waals surface area contributed by atoms with Crippen LogP contribution in [0.3, 0.4) is 0 Å². The Morgan fingerprint density at radius 3 is 2.64 bits per heavy atom. The molecule has 3 heterocycles. The van der Waals surface area contributed by atoms with E-state index in [1.807, 2.05) is 0 Å². The predicted molar refractivity (Wildman–Crippen MR) is 91.7 cm³/mol. The van der Waals surface area contributed by atoms with Crippen LogP contribution in [0.4, 0.5) is 23.5 Å². The molecule has 3 aromatic heterocycles. The van der Waals surface area contributed by atoms with Gasteiger partial charge in [0.2, 0.25) is 5.95 Å². The molecule has 0 aliphatic heterocycles. The molecule has 4 rings (SSSR count). The van der Waals surface area contributed by atoms with Gasteiger partial charge in [-0.2, -0.15) is 18.2 Å². The molecule has 1 aromatic carbocycles. The van der Waals surface area contributed by atoms with Crippen molar-refractivity contribution in [2.24, 2.45) is 0 Å². The molecule has 4 aromatic rings. The number of imidazole rings is 1. The van der Waals surface area contributed by atoms with Gasteiger partial charge in [-0.1, -0.05) is 18.2 Å². The first-order valence-corrected chi connectivity index (χ1v) is 8.13. The molecular formula is C17H13F4N7. The second-order valence-corrected chi connectivity index (χ2v) is 6.07. The van der Waals surface area contributed by atoms with Gasteiger partial charge in [0, 0.05) is 25.0 Å². The van der Waals surface area contributed by atoms with Crippen molar-refractivity contribution in [2.75, 3.05) is 5.73 Å². The predicted octanol–water partition coefficient (Wildman–Crippen LogP) is 2.86. The number of rotatable bonds is 4. The van der Waals surface area contributed by atoms with E-state index in [1.165, 1.54) is 18.5 Å². The quantitative estimate of drug-likeness (QED) is 0.541. The van der Waals surface area contributed by atoms with Gasteiger partial charge in [0.05, 0.1) is 5.69 Å². The lowest BCUT2D eigenvalue weighted by Gasteiger charge is -2.10. The van der Waals surface area contributed by atoms with Crippen LogP contribution in [0.15, 0.2) is 42.9 Å². The Hall–Kier alpha value is -3.50. The van der Waals surface area contributed by atoms with Gasteiger partial charge >= 0.3 is 6.18 Å². The van der Waals surface area contributed by atoms with E-state index < -0.39 is 18.5 Å². The minimum absolute atomic E-state index is 0.101. The molecule has 0 fully saturated rings. The van der Waals surface area contributed by atoms with E-state index in [9.17, 15) is 17.6 Å². The molecule has 11 heteroatoms. The maximum atomic E-state index is 14.1. The topological polar surface area (TPSA) is 86.9 Å². The molecule has 0 aliphatic rings. The van der Waals surface area contributed by atoms with Crippen molar-refractivity contribution in [1.82, 2.24) is 29.1 Å². The number of nitrogen functional groups attached to an aromatic ring is 1. The number of hydrogen-bond donors (Lipinski definition) is 1. The maximum absolute atomic E-state index is 14.1. The Bertz CT molecular complexity index is 1150. The van der Waals surface area contributed by atoms with Gasteiger partial charge in [0.1, 0.15) is 18.1 Å². The lowest BCUT2D eigenvalue weighted by Crippen LogP contribution is -2.20.